The smallest absolute Gasteiger partial charge is 0.247 e. The summed E-state index contributed by atoms with van der Waals surface area (Å²) in [6.07, 6.45) is 0.253. The van der Waals surface area contributed by atoms with Gasteiger partial charge in [-0.3, -0.25) is 9.59 Å². The van der Waals surface area contributed by atoms with E-state index in [1.54, 1.807) is 11.3 Å². The Labute approximate surface area is 162 Å². The van der Waals surface area contributed by atoms with Gasteiger partial charge >= 0.3 is 0 Å². The fourth-order valence-corrected chi connectivity index (χ4v) is 3.74. The van der Waals surface area contributed by atoms with E-state index in [0.717, 1.165) is 20.8 Å². The Kier molecular flexibility index (Phi) is 5.86. The van der Waals surface area contributed by atoms with Gasteiger partial charge in [0.2, 0.25) is 11.8 Å². The van der Waals surface area contributed by atoms with E-state index in [1.807, 2.05) is 69.3 Å². The van der Waals surface area contributed by atoms with Gasteiger partial charge in [0.1, 0.15) is 6.04 Å². The molecule has 5 nitrogen and oxygen atoms in total. The first-order chi connectivity index (χ1) is 12.9. The van der Waals surface area contributed by atoms with Crippen LogP contribution >= 0.6 is 11.3 Å². The highest BCUT2D eigenvalue weighted by Crippen LogP contribution is 2.25. The summed E-state index contributed by atoms with van der Waals surface area (Å²) in [6.45, 7) is 5.80. The highest BCUT2D eigenvalue weighted by atomic mass is 32.1. The number of rotatable bonds is 6. The van der Waals surface area contributed by atoms with E-state index in [2.05, 4.69) is 15.6 Å². The second-order valence-electron chi connectivity index (χ2n) is 6.86. The van der Waals surface area contributed by atoms with Gasteiger partial charge in [0, 0.05) is 5.69 Å². The Morgan fingerprint density at radius 3 is 2.56 bits per heavy atom. The lowest BCUT2D eigenvalue weighted by atomic mass is 10.0. The maximum Gasteiger partial charge on any atom is 0.247 e. The maximum absolute atomic E-state index is 12.7. The molecule has 0 aliphatic rings. The number of anilines is 1. The first kappa shape index (κ1) is 19.0. The Hall–Kier alpha value is -2.73. The second kappa shape index (κ2) is 8.31. The monoisotopic (exact) mass is 381 g/mol. The second-order valence-corrected chi connectivity index (χ2v) is 8.09. The molecule has 0 unspecified atom stereocenters. The lowest BCUT2D eigenvalue weighted by Gasteiger charge is -2.22. The SMILES string of the molecule is Cc1nc2ccc(NC(=O)[C@@H](NC(=O)Cc3ccccc3)C(C)C)cc2s1. The number of hydrogen-bond acceptors (Lipinski definition) is 4. The van der Waals surface area contributed by atoms with Crippen LogP contribution in [-0.4, -0.2) is 22.8 Å². The van der Waals surface area contributed by atoms with Crippen molar-refractivity contribution in [3.05, 3.63) is 59.1 Å². The Balaban J connectivity index is 1.67. The van der Waals surface area contributed by atoms with Gasteiger partial charge in [-0.15, -0.1) is 11.3 Å². The molecular weight excluding hydrogens is 358 g/mol. The fourth-order valence-electron chi connectivity index (χ4n) is 2.88. The Morgan fingerprint density at radius 2 is 1.85 bits per heavy atom. The van der Waals surface area contributed by atoms with E-state index in [1.165, 1.54) is 0 Å². The molecule has 27 heavy (non-hydrogen) atoms. The Bertz CT molecular complexity index is 950. The number of nitrogens with one attached hydrogen (secondary N) is 2. The largest absolute Gasteiger partial charge is 0.344 e. The van der Waals surface area contributed by atoms with E-state index >= 15 is 0 Å². The van der Waals surface area contributed by atoms with Crippen molar-refractivity contribution in [2.24, 2.45) is 5.92 Å². The molecule has 1 aromatic heterocycles. The highest BCUT2D eigenvalue weighted by Gasteiger charge is 2.24. The van der Waals surface area contributed by atoms with Gasteiger partial charge < -0.3 is 10.6 Å². The molecule has 2 N–H and O–H groups in total. The molecule has 1 atom stereocenters. The van der Waals surface area contributed by atoms with E-state index < -0.39 is 6.04 Å². The van der Waals surface area contributed by atoms with Gasteiger partial charge in [-0.2, -0.15) is 0 Å². The molecule has 0 fully saturated rings. The number of carbonyl (C=O) groups is 2. The molecule has 140 valence electrons. The third-order valence-electron chi connectivity index (χ3n) is 4.24. The molecule has 2 amide bonds. The van der Waals surface area contributed by atoms with Gasteiger partial charge in [0.05, 0.1) is 21.6 Å². The minimum atomic E-state index is -0.597. The minimum absolute atomic E-state index is 0.0286. The predicted octanol–water partition coefficient (Wildman–Crippen LogP) is 3.93. The Morgan fingerprint density at radius 1 is 1.11 bits per heavy atom. The van der Waals surface area contributed by atoms with Crippen molar-refractivity contribution in [2.75, 3.05) is 5.32 Å². The lowest BCUT2D eigenvalue weighted by Crippen LogP contribution is -2.47. The van der Waals surface area contributed by atoms with Gasteiger partial charge in [-0.1, -0.05) is 44.2 Å². The standard InChI is InChI=1S/C21H23N3O2S/c1-13(2)20(24-19(25)11-15-7-5-4-6-8-15)21(26)23-16-9-10-17-18(12-16)27-14(3)22-17/h4-10,12-13,20H,11H2,1-3H3,(H,23,26)(H,24,25)/t20-/m0/s1. The molecule has 0 spiro atoms. The highest BCUT2D eigenvalue weighted by molar-refractivity contribution is 7.18. The average molecular weight is 382 g/mol. The number of thiazole rings is 1. The van der Waals surface area contributed by atoms with Gasteiger partial charge in [-0.25, -0.2) is 4.98 Å². The normalized spacial score (nSPS) is 12.1. The topological polar surface area (TPSA) is 71.1 Å². The molecular formula is C21H23N3O2S. The summed E-state index contributed by atoms with van der Waals surface area (Å²) in [5.41, 5.74) is 2.55. The maximum atomic E-state index is 12.7. The quantitative estimate of drug-likeness (QED) is 0.680. The molecule has 0 aliphatic heterocycles. The van der Waals surface area contributed by atoms with Crippen molar-refractivity contribution < 1.29 is 9.59 Å². The molecule has 0 bridgehead atoms. The van der Waals surface area contributed by atoms with Crippen molar-refractivity contribution in [1.82, 2.24) is 10.3 Å². The number of nitrogens with zero attached hydrogens (tertiary/aromatic N) is 1. The van der Waals surface area contributed by atoms with E-state index in [0.29, 0.717) is 5.69 Å². The fraction of sp³-hybridized carbons (Fsp3) is 0.286. The number of amides is 2. The molecule has 0 saturated heterocycles. The van der Waals surface area contributed by atoms with Crippen LogP contribution in [0.5, 0.6) is 0 Å². The zero-order valence-electron chi connectivity index (χ0n) is 15.7. The van der Waals surface area contributed by atoms with Crippen molar-refractivity contribution >= 4 is 39.1 Å². The number of benzene rings is 2. The summed E-state index contributed by atoms with van der Waals surface area (Å²) in [6, 6.07) is 14.6. The van der Waals surface area contributed by atoms with E-state index in [4.69, 9.17) is 0 Å². The summed E-state index contributed by atoms with van der Waals surface area (Å²) in [7, 11) is 0. The van der Waals surface area contributed by atoms with E-state index in [-0.39, 0.29) is 24.2 Å². The van der Waals surface area contributed by atoms with Crippen LogP contribution in [0.2, 0.25) is 0 Å². The molecule has 6 heteroatoms. The minimum Gasteiger partial charge on any atom is -0.344 e. The first-order valence-corrected chi connectivity index (χ1v) is 9.75. The van der Waals surface area contributed by atoms with Crippen molar-refractivity contribution in [1.29, 1.82) is 0 Å². The molecule has 1 heterocycles. The van der Waals surface area contributed by atoms with Crippen LogP contribution in [0.3, 0.4) is 0 Å². The predicted molar refractivity (Wildman–Crippen MR) is 110 cm³/mol. The van der Waals surface area contributed by atoms with Crippen molar-refractivity contribution in [3.63, 3.8) is 0 Å². The summed E-state index contributed by atoms with van der Waals surface area (Å²) in [5, 5.41) is 6.77. The number of aromatic nitrogens is 1. The first-order valence-electron chi connectivity index (χ1n) is 8.93. The molecule has 0 aliphatic carbocycles. The average Bonchev–Trinajstić information content (AvgIpc) is 2.99. The van der Waals surface area contributed by atoms with Gasteiger partial charge in [-0.05, 0) is 36.6 Å². The van der Waals surface area contributed by atoms with Crippen molar-refractivity contribution in [3.8, 4) is 0 Å². The summed E-state index contributed by atoms with van der Waals surface area (Å²) in [4.78, 5) is 29.5. The summed E-state index contributed by atoms with van der Waals surface area (Å²) >= 11 is 1.59. The molecule has 3 aromatic rings. The van der Waals surface area contributed by atoms with E-state index in [9.17, 15) is 9.59 Å². The number of carbonyl (C=O) groups excluding carboxylic acids is 2. The number of hydrogen-bond donors (Lipinski definition) is 2. The zero-order valence-corrected chi connectivity index (χ0v) is 16.5. The summed E-state index contributed by atoms with van der Waals surface area (Å²) in [5.74, 6) is -0.408. The van der Waals surface area contributed by atoms with Crippen molar-refractivity contribution in [2.45, 2.75) is 33.2 Å². The van der Waals surface area contributed by atoms with Crippen LogP contribution in [0.1, 0.15) is 24.4 Å². The lowest BCUT2D eigenvalue weighted by molar-refractivity contribution is -0.127. The zero-order chi connectivity index (χ0) is 19.4. The van der Waals surface area contributed by atoms with Gasteiger partial charge in [0.25, 0.3) is 0 Å². The van der Waals surface area contributed by atoms with Crippen LogP contribution in [-0.2, 0) is 16.0 Å². The van der Waals surface area contributed by atoms with Crippen LogP contribution in [0.15, 0.2) is 48.5 Å². The number of fused-ring (bicyclic) bond motifs is 1. The number of aryl methyl sites for hydroxylation is 1. The molecule has 2 aromatic carbocycles. The molecule has 3 rings (SSSR count). The van der Waals surface area contributed by atoms with Crippen LogP contribution in [0, 0.1) is 12.8 Å². The van der Waals surface area contributed by atoms with Crippen LogP contribution in [0.4, 0.5) is 5.69 Å². The third kappa shape index (κ3) is 4.92. The molecule has 0 saturated carbocycles. The third-order valence-corrected chi connectivity index (χ3v) is 5.17. The molecule has 0 radical (unpaired) electrons. The van der Waals surface area contributed by atoms with Gasteiger partial charge in [0.15, 0.2) is 0 Å². The van der Waals surface area contributed by atoms with Crippen LogP contribution < -0.4 is 10.6 Å². The summed E-state index contributed by atoms with van der Waals surface area (Å²) < 4.78 is 1.03. The van der Waals surface area contributed by atoms with Crippen LogP contribution in [0.25, 0.3) is 10.2 Å².